The van der Waals surface area contributed by atoms with Crippen molar-refractivity contribution in [3.05, 3.63) is 212 Å². The normalized spacial score (nSPS) is 11.6. The molecule has 0 aliphatic carbocycles. The quantitative estimate of drug-likeness (QED) is 0.160. The Kier molecular flexibility index (Phi) is 7.53. The first kappa shape index (κ1) is 32.0. The second kappa shape index (κ2) is 13.2. The smallest absolute Gasteiger partial charge is 0.159 e. The lowest BCUT2D eigenvalue weighted by Crippen LogP contribution is -2.11. The Bertz CT molecular complexity index is 3230. The molecular formula is C54H35NO. The van der Waals surface area contributed by atoms with Crippen molar-refractivity contribution >= 4 is 71.3 Å². The molecule has 1 heterocycles. The molecule has 10 aromatic carbocycles. The maximum Gasteiger partial charge on any atom is 0.159 e. The standard InChI is InChI=1S/C54H35NO/c1-2-13-36(14-3-1)37-29-31-43(32-30-37)55(52-24-12-22-48-50-33-40-15-4-5-16-41(40)35-53(50)56-54(48)52)51-23-11-10-19-45(51)38-25-27-39(28-26-38)49-34-42-17-6-7-18-44(42)46-20-8-9-21-47(46)49/h1-35H. The Morgan fingerprint density at radius 1 is 0.304 bits per heavy atom. The van der Waals surface area contributed by atoms with Crippen molar-refractivity contribution in [2.45, 2.75) is 0 Å². The molecule has 2 heteroatoms. The number of benzene rings is 10. The second-order valence-electron chi connectivity index (χ2n) is 14.5. The van der Waals surface area contributed by atoms with E-state index in [9.17, 15) is 0 Å². The van der Waals surface area contributed by atoms with E-state index >= 15 is 0 Å². The third kappa shape index (κ3) is 5.34. The molecule has 0 fully saturated rings. The van der Waals surface area contributed by atoms with Crippen molar-refractivity contribution in [3.63, 3.8) is 0 Å². The third-order valence-electron chi connectivity index (χ3n) is 11.2. The molecule has 0 saturated carbocycles. The number of rotatable bonds is 6. The topological polar surface area (TPSA) is 16.4 Å². The van der Waals surface area contributed by atoms with Gasteiger partial charge in [0.15, 0.2) is 5.58 Å². The van der Waals surface area contributed by atoms with Gasteiger partial charge in [-0.2, -0.15) is 0 Å². The molecule has 0 atom stereocenters. The van der Waals surface area contributed by atoms with Crippen molar-refractivity contribution < 1.29 is 4.42 Å². The second-order valence-corrected chi connectivity index (χ2v) is 14.5. The highest BCUT2D eigenvalue weighted by atomic mass is 16.3. The zero-order chi connectivity index (χ0) is 37.0. The van der Waals surface area contributed by atoms with Gasteiger partial charge in [-0.3, -0.25) is 0 Å². The molecule has 0 saturated heterocycles. The molecule has 0 N–H and O–H groups in total. The first-order valence-electron chi connectivity index (χ1n) is 19.2. The molecule has 56 heavy (non-hydrogen) atoms. The minimum absolute atomic E-state index is 0.860. The fourth-order valence-electron chi connectivity index (χ4n) is 8.52. The summed E-state index contributed by atoms with van der Waals surface area (Å²) in [7, 11) is 0. The maximum absolute atomic E-state index is 6.84. The fraction of sp³-hybridized carbons (Fsp3) is 0. The van der Waals surface area contributed by atoms with E-state index in [1.807, 2.05) is 0 Å². The predicted octanol–water partition coefficient (Wildman–Crippen LogP) is 15.5. The highest BCUT2D eigenvalue weighted by Crippen LogP contribution is 2.46. The van der Waals surface area contributed by atoms with Gasteiger partial charge < -0.3 is 9.32 Å². The summed E-state index contributed by atoms with van der Waals surface area (Å²) in [6.45, 7) is 0. The Morgan fingerprint density at radius 2 is 0.857 bits per heavy atom. The van der Waals surface area contributed by atoms with Gasteiger partial charge in [0.05, 0.1) is 11.4 Å². The highest BCUT2D eigenvalue weighted by Gasteiger charge is 2.22. The first-order chi connectivity index (χ1) is 27.8. The van der Waals surface area contributed by atoms with Gasteiger partial charge in [-0.15, -0.1) is 0 Å². The number of hydrogen-bond acceptors (Lipinski definition) is 2. The van der Waals surface area contributed by atoms with Crippen LogP contribution in [0.3, 0.4) is 0 Å². The van der Waals surface area contributed by atoms with Gasteiger partial charge in [-0.25, -0.2) is 0 Å². The minimum atomic E-state index is 0.860. The zero-order valence-corrected chi connectivity index (χ0v) is 30.6. The summed E-state index contributed by atoms with van der Waals surface area (Å²) in [5, 5.41) is 9.64. The SMILES string of the molecule is c1ccc(-c2ccc(N(c3ccccc3-c3ccc(-c4cc5ccccc5c5ccccc45)cc3)c3cccc4c3oc3cc5ccccc5cc34)cc2)cc1. The molecule has 2 nitrogen and oxygen atoms in total. The molecule has 11 rings (SSSR count). The molecule has 262 valence electrons. The minimum Gasteiger partial charge on any atom is -0.454 e. The van der Waals surface area contributed by atoms with E-state index in [-0.39, 0.29) is 0 Å². The summed E-state index contributed by atoms with van der Waals surface area (Å²) in [4.78, 5) is 2.36. The number of furan rings is 1. The summed E-state index contributed by atoms with van der Waals surface area (Å²) >= 11 is 0. The van der Waals surface area contributed by atoms with Gasteiger partial charge in [0.2, 0.25) is 0 Å². The average Bonchev–Trinajstić information content (AvgIpc) is 3.64. The molecular weight excluding hydrogens is 679 g/mol. The lowest BCUT2D eigenvalue weighted by atomic mass is 9.92. The van der Waals surface area contributed by atoms with Crippen LogP contribution in [0.5, 0.6) is 0 Å². The highest BCUT2D eigenvalue weighted by molar-refractivity contribution is 6.15. The molecule has 0 aliphatic rings. The monoisotopic (exact) mass is 713 g/mol. The van der Waals surface area contributed by atoms with E-state index in [0.717, 1.165) is 50.1 Å². The lowest BCUT2D eigenvalue weighted by molar-refractivity contribution is 0.669. The van der Waals surface area contributed by atoms with Crippen LogP contribution in [0.1, 0.15) is 0 Å². The Labute approximate surface area is 325 Å². The molecule has 0 amide bonds. The van der Waals surface area contributed by atoms with Crippen molar-refractivity contribution in [1.29, 1.82) is 0 Å². The van der Waals surface area contributed by atoms with E-state index in [0.29, 0.717) is 0 Å². The molecule has 0 unspecified atom stereocenters. The Hall–Kier alpha value is -7.42. The van der Waals surface area contributed by atoms with Gasteiger partial charge >= 0.3 is 0 Å². The van der Waals surface area contributed by atoms with Crippen LogP contribution >= 0.6 is 0 Å². The average molecular weight is 714 g/mol. The molecule has 0 bridgehead atoms. The largest absolute Gasteiger partial charge is 0.454 e. The molecule has 0 radical (unpaired) electrons. The zero-order valence-electron chi connectivity index (χ0n) is 30.6. The Balaban J connectivity index is 1.08. The van der Waals surface area contributed by atoms with Gasteiger partial charge in [0.1, 0.15) is 5.58 Å². The Morgan fingerprint density at radius 3 is 1.64 bits per heavy atom. The number of fused-ring (bicyclic) bond motifs is 7. The van der Waals surface area contributed by atoms with Crippen LogP contribution in [0, 0.1) is 0 Å². The van der Waals surface area contributed by atoms with Gasteiger partial charge in [-0.05, 0) is 103 Å². The van der Waals surface area contributed by atoms with Crippen molar-refractivity contribution in [2.24, 2.45) is 0 Å². The number of anilines is 3. The van der Waals surface area contributed by atoms with E-state index < -0.39 is 0 Å². The molecule has 0 aliphatic heterocycles. The van der Waals surface area contributed by atoms with Crippen LogP contribution in [-0.2, 0) is 0 Å². The van der Waals surface area contributed by atoms with Crippen LogP contribution in [0.25, 0.3) is 87.6 Å². The van der Waals surface area contributed by atoms with Gasteiger partial charge in [-0.1, -0.05) is 170 Å². The first-order valence-corrected chi connectivity index (χ1v) is 19.2. The summed E-state index contributed by atoms with van der Waals surface area (Å²) in [5.41, 5.74) is 11.9. The van der Waals surface area contributed by atoms with Gasteiger partial charge in [0, 0.05) is 22.0 Å². The predicted molar refractivity (Wildman–Crippen MR) is 237 cm³/mol. The van der Waals surface area contributed by atoms with E-state index in [4.69, 9.17) is 4.42 Å². The lowest BCUT2D eigenvalue weighted by Gasteiger charge is -2.28. The molecule has 1 aromatic heterocycles. The van der Waals surface area contributed by atoms with Crippen LogP contribution < -0.4 is 4.90 Å². The summed E-state index contributed by atoms with van der Waals surface area (Å²) < 4.78 is 6.84. The number of para-hydroxylation sites is 2. The third-order valence-corrected chi connectivity index (χ3v) is 11.2. The summed E-state index contributed by atoms with van der Waals surface area (Å²) in [6.07, 6.45) is 0. The summed E-state index contributed by atoms with van der Waals surface area (Å²) in [6, 6.07) is 76.4. The summed E-state index contributed by atoms with van der Waals surface area (Å²) in [5.74, 6) is 0. The van der Waals surface area contributed by atoms with Crippen LogP contribution in [0.2, 0.25) is 0 Å². The van der Waals surface area contributed by atoms with Gasteiger partial charge in [0.25, 0.3) is 0 Å². The van der Waals surface area contributed by atoms with Crippen molar-refractivity contribution in [3.8, 4) is 33.4 Å². The fourth-order valence-corrected chi connectivity index (χ4v) is 8.52. The maximum atomic E-state index is 6.84. The van der Waals surface area contributed by atoms with Crippen LogP contribution in [0.4, 0.5) is 17.1 Å². The molecule has 0 spiro atoms. The molecule has 11 aromatic rings. The van der Waals surface area contributed by atoms with E-state index in [2.05, 4.69) is 217 Å². The number of nitrogens with zero attached hydrogens (tertiary/aromatic N) is 1. The van der Waals surface area contributed by atoms with E-state index in [1.54, 1.807) is 0 Å². The van der Waals surface area contributed by atoms with Crippen LogP contribution in [-0.4, -0.2) is 0 Å². The van der Waals surface area contributed by atoms with Crippen molar-refractivity contribution in [2.75, 3.05) is 4.90 Å². The van der Waals surface area contributed by atoms with Crippen LogP contribution in [0.15, 0.2) is 217 Å². The number of hydrogen-bond donors (Lipinski definition) is 0. The van der Waals surface area contributed by atoms with E-state index in [1.165, 1.54) is 54.6 Å². The van der Waals surface area contributed by atoms with Crippen molar-refractivity contribution in [1.82, 2.24) is 0 Å².